The third-order valence-corrected chi connectivity index (χ3v) is 3.50. The van der Waals surface area contributed by atoms with E-state index in [0.29, 0.717) is 10.3 Å². The molecule has 1 rings (SSSR count). The fourth-order valence-electron chi connectivity index (χ4n) is 1.68. The lowest BCUT2D eigenvalue weighted by Crippen LogP contribution is -2.41. The van der Waals surface area contributed by atoms with E-state index in [0.717, 1.165) is 18.8 Å². The molecule has 0 fully saturated rings. The Morgan fingerprint density at radius 3 is 2.67 bits per heavy atom. The van der Waals surface area contributed by atoms with Gasteiger partial charge in [0.15, 0.2) is 5.16 Å². The molecule has 1 aromatic rings. The molecule has 0 unspecified atom stereocenters. The minimum absolute atomic E-state index is 0.0421. The predicted octanol–water partition coefficient (Wildman–Crippen LogP) is 2.98. The van der Waals surface area contributed by atoms with Crippen molar-refractivity contribution in [2.45, 2.75) is 44.8 Å². The second kappa shape index (κ2) is 7.84. The van der Waals surface area contributed by atoms with Crippen LogP contribution < -0.4 is 10.2 Å². The van der Waals surface area contributed by atoms with E-state index in [1.165, 1.54) is 11.8 Å². The second-order valence-corrected chi connectivity index (χ2v) is 7.17. The van der Waals surface area contributed by atoms with E-state index in [1.807, 2.05) is 32.7 Å². The number of hydrogen-bond donors (Lipinski definition) is 1. The average Bonchev–Trinajstić information content (AvgIpc) is 2.34. The first-order valence-electron chi connectivity index (χ1n) is 6.91. The number of hydrogen-bond acceptors (Lipinski definition) is 5. The number of carbonyl (C=O) groups is 1. The number of halogens is 1. The Bertz CT molecular complexity index is 490. The number of nitrogens with one attached hydrogen (secondary N) is 1. The summed E-state index contributed by atoms with van der Waals surface area (Å²) in [5.74, 6) is 1.00. The Morgan fingerprint density at radius 1 is 1.43 bits per heavy atom. The topological polar surface area (TPSA) is 58.1 Å². The van der Waals surface area contributed by atoms with Crippen LogP contribution in [0.15, 0.2) is 11.2 Å². The number of anilines is 1. The van der Waals surface area contributed by atoms with E-state index in [2.05, 4.69) is 22.2 Å². The quantitative estimate of drug-likeness (QED) is 0.493. The van der Waals surface area contributed by atoms with Crippen molar-refractivity contribution in [2.24, 2.45) is 0 Å². The van der Waals surface area contributed by atoms with Crippen molar-refractivity contribution in [3.05, 3.63) is 11.2 Å². The molecular weight excluding hydrogens is 308 g/mol. The Hall–Kier alpha value is -1.01. The highest BCUT2D eigenvalue weighted by molar-refractivity contribution is 7.99. The van der Waals surface area contributed by atoms with Gasteiger partial charge in [-0.15, -0.1) is 0 Å². The third kappa shape index (κ3) is 7.00. The summed E-state index contributed by atoms with van der Waals surface area (Å²) in [4.78, 5) is 22.4. The van der Waals surface area contributed by atoms with Crippen molar-refractivity contribution in [1.82, 2.24) is 15.3 Å². The van der Waals surface area contributed by atoms with Crippen LogP contribution in [0.3, 0.4) is 0 Å². The van der Waals surface area contributed by atoms with Crippen LogP contribution in [0.2, 0.25) is 5.15 Å². The SMILES string of the molecule is CCCN(C)c1cc(Cl)nc(SCC(=O)NC(C)(C)C)n1. The number of rotatable bonds is 6. The van der Waals surface area contributed by atoms with Crippen molar-refractivity contribution in [3.8, 4) is 0 Å². The Kier molecular flexibility index (Phi) is 6.74. The average molecular weight is 331 g/mol. The largest absolute Gasteiger partial charge is 0.360 e. The summed E-state index contributed by atoms with van der Waals surface area (Å²) >= 11 is 7.31. The van der Waals surface area contributed by atoms with Crippen LogP contribution in [0.4, 0.5) is 5.82 Å². The highest BCUT2D eigenvalue weighted by Gasteiger charge is 2.15. The van der Waals surface area contributed by atoms with Crippen LogP contribution in [-0.2, 0) is 4.79 Å². The van der Waals surface area contributed by atoms with Gasteiger partial charge in [0.1, 0.15) is 11.0 Å². The van der Waals surface area contributed by atoms with E-state index in [4.69, 9.17) is 11.6 Å². The van der Waals surface area contributed by atoms with E-state index in [-0.39, 0.29) is 17.2 Å². The van der Waals surface area contributed by atoms with Gasteiger partial charge >= 0.3 is 0 Å². The molecule has 5 nitrogen and oxygen atoms in total. The maximum absolute atomic E-state index is 11.8. The molecule has 0 aromatic carbocycles. The van der Waals surface area contributed by atoms with Gasteiger partial charge in [0.2, 0.25) is 5.91 Å². The van der Waals surface area contributed by atoms with Gasteiger partial charge in [0.05, 0.1) is 5.75 Å². The van der Waals surface area contributed by atoms with E-state index >= 15 is 0 Å². The summed E-state index contributed by atoms with van der Waals surface area (Å²) in [6.45, 7) is 8.84. The molecule has 0 saturated heterocycles. The maximum atomic E-state index is 11.8. The van der Waals surface area contributed by atoms with Crippen LogP contribution in [0.25, 0.3) is 0 Å². The molecule has 0 spiro atoms. The first-order valence-corrected chi connectivity index (χ1v) is 8.27. The van der Waals surface area contributed by atoms with Crippen LogP contribution >= 0.6 is 23.4 Å². The lowest BCUT2D eigenvalue weighted by molar-refractivity contribution is -0.119. The predicted molar refractivity (Wildman–Crippen MR) is 89.2 cm³/mol. The van der Waals surface area contributed by atoms with Crippen molar-refractivity contribution in [3.63, 3.8) is 0 Å². The molecule has 1 aromatic heterocycles. The lowest BCUT2D eigenvalue weighted by atomic mass is 10.1. The Balaban J connectivity index is 2.69. The zero-order chi connectivity index (χ0) is 16.0. The van der Waals surface area contributed by atoms with Gasteiger partial charge < -0.3 is 10.2 Å². The monoisotopic (exact) mass is 330 g/mol. The molecule has 1 amide bonds. The Labute approximate surface area is 135 Å². The van der Waals surface area contributed by atoms with Crippen molar-refractivity contribution in [2.75, 3.05) is 24.2 Å². The van der Waals surface area contributed by atoms with Gasteiger partial charge in [-0.25, -0.2) is 9.97 Å². The third-order valence-electron chi connectivity index (χ3n) is 2.46. The fraction of sp³-hybridized carbons (Fsp3) is 0.643. The highest BCUT2D eigenvalue weighted by atomic mass is 35.5. The molecule has 0 bridgehead atoms. The molecule has 0 aliphatic rings. The summed E-state index contributed by atoms with van der Waals surface area (Å²) in [7, 11) is 1.96. The molecule has 0 aliphatic heterocycles. The van der Waals surface area contributed by atoms with Crippen LogP contribution in [0.1, 0.15) is 34.1 Å². The molecule has 0 radical (unpaired) electrons. The highest BCUT2D eigenvalue weighted by Crippen LogP contribution is 2.21. The number of carbonyl (C=O) groups excluding carboxylic acids is 1. The molecule has 0 aliphatic carbocycles. The molecule has 0 saturated carbocycles. The molecule has 118 valence electrons. The van der Waals surface area contributed by atoms with Gasteiger partial charge in [-0.05, 0) is 27.2 Å². The summed E-state index contributed by atoms with van der Waals surface area (Å²) in [5, 5.41) is 3.81. The minimum Gasteiger partial charge on any atom is -0.360 e. The second-order valence-electron chi connectivity index (χ2n) is 5.84. The van der Waals surface area contributed by atoms with Crippen molar-refractivity contribution >= 4 is 35.1 Å². The van der Waals surface area contributed by atoms with Crippen molar-refractivity contribution in [1.29, 1.82) is 0 Å². The fourth-order valence-corrected chi connectivity index (χ4v) is 2.56. The van der Waals surface area contributed by atoms with Gasteiger partial charge in [-0.3, -0.25) is 4.79 Å². The zero-order valence-electron chi connectivity index (χ0n) is 13.2. The summed E-state index contributed by atoms with van der Waals surface area (Å²) in [6.07, 6.45) is 1.02. The first-order chi connectivity index (χ1) is 9.71. The normalized spacial score (nSPS) is 11.3. The number of thioether (sulfide) groups is 1. The van der Waals surface area contributed by atoms with Gasteiger partial charge in [0, 0.05) is 25.2 Å². The Morgan fingerprint density at radius 2 is 2.10 bits per heavy atom. The zero-order valence-corrected chi connectivity index (χ0v) is 14.8. The molecule has 0 atom stereocenters. The first kappa shape index (κ1) is 18.0. The molecule has 1 heterocycles. The standard InChI is InChI=1S/C14H23ClN4OS/c1-6-7-19(5)11-8-10(15)16-13(17-11)21-9-12(20)18-14(2,3)4/h8H,6-7,9H2,1-5H3,(H,18,20). The van der Waals surface area contributed by atoms with Gasteiger partial charge in [0.25, 0.3) is 0 Å². The summed E-state index contributed by atoms with van der Waals surface area (Å²) in [6, 6.07) is 1.73. The van der Waals surface area contributed by atoms with Gasteiger partial charge in [-0.2, -0.15) is 0 Å². The van der Waals surface area contributed by atoms with Crippen LogP contribution in [0.5, 0.6) is 0 Å². The van der Waals surface area contributed by atoms with Crippen LogP contribution in [0, 0.1) is 0 Å². The molecule has 7 heteroatoms. The van der Waals surface area contributed by atoms with E-state index < -0.39 is 0 Å². The maximum Gasteiger partial charge on any atom is 0.230 e. The number of aromatic nitrogens is 2. The van der Waals surface area contributed by atoms with E-state index in [9.17, 15) is 4.79 Å². The minimum atomic E-state index is -0.237. The van der Waals surface area contributed by atoms with Gasteiger partial charge in [-0.1, -0.05) is 30.3 Å². The summed E-state index contributed by atoms with van der Waals surface area (Å²) in [5.41, 5.74) is -0.237. The smallest absolute Gasteiger partial charge is 0.230 e. The number of nitrogens with zero attached hydrogens (tertiary/aromatic N) is 3. The molecular formula is C14H23ClN4OS. The van der Waals surface area contributed by atoms with E-state index in [1.54, 1.807) is 6.07 Å². The molecule has 1 N–H and O–H groups in total. The number of amides is 1. The van der Waals surface area contributed by atoms with Crippen LogP contribution in [-0.4, -0.2) is 40.8 Å². The van der Waals surface area contributed by atoms with Crippen molar-refractivity contribution < 1.29 is 4.79 Å². The molecule has 21 heavy (non-hydrogen) atoms. The summed E-state index contributed by atoms with van der Waals surface area (Å²) < 4.78 is 0. The lowest BCUT2D eigenvalue weighted by Gasteiger charge is -2.20.